The van der Waals surface area contributed by atoms with Crippen LogP contribution < -0.4 is 19.7 Å². The molecule has 1 N–H and O–H groups in total. The molecule has 0 unspecified atom stereocenters. The van der Waals surface area contributed by atoms with E-state index in [9.17, 15) is 4.79 Å². The van der Waals surface area contributed by atoms with Gasteiger partial charge in [-0.2, -0.15) is 0 Å². The van der Waals surface area contributed by atoms with E-state index >= 15 is 0 Å². The Morgan fingerprint density at radius 3 is 2.60 bits per heavy atom. The summed E-state index contributed by atoms with van der Waals surface area (Å²) in [6.45, 7) is 2.56. The Kier molecular flexibility index (Phi) is 5.72. The van der Waals surface area contributed by atoms with Crippen molar-refractivity contribution in [2.24, 2.45) is 0 Å². The fraction of sp³-hybridized carbons (Fsp3) is 0.368. The van der Waals surface area contributed by atoms with Gasteiger partial charge in [-0.05, 0) is 54.8 Å². The second-order valence-corrected chi connectivity index (χ2v) is 5.96. The SMILES string of the molecule is COc1ccc(OCC(=O)NCc2ccnc(N3CCCC3)c2)cc1. The maximum Gasteiger partial charge on any atom is 0.258 e. The van der Waals surface area contributed by atoms with Gasteiger partial charge in [0, 0.05) is 25.8 Å². The zero-order chi connectivity index (χ0) is 17.5. The van der Waals surface area contributed by atoms with Gasteiger partial charge in [-0.15, -0.1) is 0 Å². The van der Waals surface area contributed by atoms with Crippen molar-refractivity contribution in [2.75, 3.05) is 31.7 Å². The lowest BCUT2D eigenvalue weighted by Gasteiger charge is -2.17. The second-order valence-electron chi connectivity index (χ2n) is 5.96. The van der Waals surface area contributed by atoms with Crippen molar-refractivity contribution < 1.29 is 14.3 Å². The average molecular weight is 341 g/mol. The molecule has 6 nitrogen and oxygen atoms in total. The minimum Gasteiger partial charge on any atom is -0.497 e. The van der Waals surface area contributed by atoms with Crippen molar-refractivity contribution in [1.29, 1.82) is 0 Å². The van der Waals surface area contributed by atoms with Gasteiger partial charge in [0.05, 0.1) is 7.11 Å². The fourth-order valence-electron chi connectivity index (χ4n) is 2.76. The van der Waals surface area contributed by atoms with Crippen LogP contribution in [0, 0.1) is 0 Å². The van der Waals surface area contributed by atoms with Crippen molar-refractivity contribution in [3.63, 3.8) is 0 Å². The van der Waals surface area contributed by atoms with Gasteiger partial charge in [0.15, 0.2) is 6.61 Å². The number of carbonyl (C=O) groups is 1. The molecule has 0 saturated carbocycles. The van der Waals surface area contributed by atoms with Crippen LogP contribution in [0.3, 0.4) is 0 Å². The van der Waals surface area contributed by atoms with Crippen molar-refractivity contribution in [3.05, 3.63) is 48.2 Å². The highest BCUT2D eigenvalue weighted by atomic mass is 16.5. The predicted molar refractivity (Wildman–Crippen MR) is 96.0 cm³/mol. The molecule has 1 aromatic heterocycles. The summed E-state index contributed by atoms with van der Waals surface area (Å²) in [5.74, 6) is 2.22. The van der Waals surface area contributed by atoms with Gasteiger partial charge in [-0.3, -0.25) is 4.79 Å². The molecule has 1 aromatic carbocycles. The maximum atomic E-state index is 12.0. The van der Waals surface area contributed by atoms with Crippen molar-refractivity contribution in [2.45, 2.75) is 19.4 Å². The summed E-state index contributed by atoms with van der Waals surface area (Å²) in [5, 5.41) is 2.87. The van der Waals surface area contributed by atoms with Gasteiger partial charge in [0.25, 0.3) is 5.91 Å². The molecule has 25 heavy (non-hydrogen) atoms. The predicted octanol–water partition coefficient (Wildman–Crippen LogP) is 2.39. The zero-order valence-electron chi connectivity index (χ0n) is 14.4. The molecule has 0 spiro atoms. The van der Waals surface area contributed by atoms with Gasteiger partial charge in [-0.1, -0.05) is 0 Å². The molecule has 0 aliphatic carbocycles. The first kappa shape index (κ1) is 17.1. The first-order chi connectivity index (χ1) is 12.2. The van der Waals surface area contributed by atoms with Crippen LogP contribution in [0.4, 0.5) is 5.82 Å². The molecule has 1 fully saturated rings. The molecule has 6 heteroatoms. The first-order valence-corrected chi connectivity index (χ1v) is 8.48. The summed E-state index contributed by atoms with van der Waals surface area (Å²) < 4.78 is 10.6. The number of rotatable bonds is 7. The van der Waals surface area contributed by atoms with E-state index in [0.717, 1.165) is 30.2 Å². The third-order valence-corrected chi connectivity index (χ3v) is 4.16. The highest BCUT2D eigenvalue weighted by molar-refractivity contribution is 5.77. The largest absolute Gasteiger partial charge is 0.497 e. The Hall–Kier alpha value is -2.76. The molecule has 132 valence electrons. The third-order valence-electron chi connectivity index (χ3n) is 4.16. The minimum absolute atomic E-state index is 0.0175. The number of nitrogens with one attached hydrogen (secondary N) is 1. The lowest BCUT2D eigenvalue weighted by Crippen LogP contribution is -2.28. The van der Waals surface area contributed by atoms with E-state index in [1.807, 2.05) is 12.1 Å². The van der Waals surface area contributed by atoms with Crippen LogP contribution in [-0.4, -0.2) is 37.7 Å². The number of amides is 1. The Morgan fingerprint density at radius 2 is 1.88 bits per heavy atom. The molecule has 2 heterocycles. The molecule has 1 aliphatic heterocycles. The third kappa shape index (κ3) is 4.86. The molecule has 1 saturated heterocycles. The average Bonchev–Trinajstić information content (AvgIpc) is 3.20. The van der Waals surface area contributed by atoms with Crippen LogP contribution in [-0.2, 0) is 11.3 Å². The van der Waals surface area contributed by atoms with Gasteiger partial charge in [0.1, 0.15) is 17.3 Å². The maximum absolute atomic E-state index is 12.0. The Morgan fingerprint density at radius 1 is 1.16 bits per heavy atom. The minimum atomic E-state index is -0.157. The topological polar surface area (TPSA) is 63.7 Å². The van der Waals surface area contributed by atoms with Gasteiger partial charge in [0.2, 0.25) is 0 Å². The smallest absolute Gasteiger partial charge is 0.258 e. The monoisotopic (exact) mass is 341 g/mol. The number of hydrogen-bond acceptors (Lipinski definition) is 5. The second kappa shape index (κ2) is 8.37. The number of methoxy groups -OCH3 is 1. The molecule has 2 aromatic rings. The van der Waals surface area contributed by atoms with Gasteiger partial charge >= 0.3 is 0 Å². The first-order valence-electron chi connectivity index (χ1n) is 8.48. The quantitative estimate of drug-likeness (QED) is 0.838. The number of carbonyl (C=O) groups excluding carboxylic acids is 1. The Labute approximate surface area is 147 Å². The van der Waals surface area contributed by atoms with Crippen LogP contribution in [0.25, 0.3) is 0 Å². The summed E-state index contributed by atoms with van der Waals surface area (Å²) in [6.07, 6.45) is 4.22. The highest BCUT2D eigenvalue weighted by Gasteiger charge is 2.13. The van der Waals surface area contributed by atoms with Crippen LogP contribution in [0.5, 0.6) is 11.5 Å². The molecule has 1 aliphatic rings. The number of benzene rings is 1. The summed E-state index contributed by atoms with van der Waals surface area (Å²) in [4.78, 5) is 18.7. The van der Waals surface area contributed by atoms with Crippen molar-refractivity contribution in [3.8, 4) is 11.5 Å². The molecule has 0 radical (unpaired) electrons. The van der Waals surface area contributed by atoms with E-state index in [1.54, 1.807) is 37.6 Å². The van der Waals surface area contributed by atoms with Crippen LogP contribution in [0.15, 0.2) is 42.6 Å². The van der Waals surface area contributed by atoms with E-state index in [4.69, 9.17) is 9.47 Å². The molecule has 1 amide bonds. The summed E-state index contributed by atoms with van der Waals surface area (Å²) in [6, 6.07) is 11.1. The molecule has 3 rings (SSSR count). The zero-order valence-corrected chi connectivity index (χ0v) is 14.4. The van der Waals surface area contributed by atoms with Crippen LogP contribution >= 0.6 is 0 Å². The van der Waals surface area contributed by atoms with E-state index in [2.05, 4.69) is 15.2 Å². The van der Waals surface area contributed by atoms with E-state index in [-0.39, 0.29) is 12.5 Å². The standard InChI is InChI=1S/C19H23N3O3/c1-24-16-4-6-17(7-5-16)25-14-19(23)21-13-15-8-9-20-18(12-15)22-10-2-3-11-22/h4-9,12H,2-3,10-11,13-14H2,1H3,(H,21,23). The summed E-state index contributed by atoms with van der Waals surface area (Å²) >= 11 is 0. The number of ether oxygens (including phenoxy) is 2. The van der Waals surface area contributed by atoms with Gasteiger partial charge < -0.3 is 19.7 Å². The van der Waals surface area contributed by atoms with Crippen molar-refractivity contribution >= 4 is 11.7 Å². The van der Waals surface area contributed by atoms with Gasteiger partial charge in [-0.25, -0.2) is 4.98 Å². The number of aromatic nitrogens is 1. The van der Waals surface area contributed by atoms with E-state index < -0.39 is 0 Å². The Bertz CT molecular complexity index is 697. The molecule has 0 atom stereocenters. The highest BCUT2D eigenvalue weighted by Crippen LogP contribution is 2.19. The Balaban J connectivity index is 1.46. The molecular weight excluding hydrogens is 318 g/mol. The van der Waals surface area contributed by atoms with Crippen LogP contribution in [0.1, 0.15) is 18.4 Å². The van der Waals surface area contributed by atoms with E-state index in [1.165, 1.54) is 12.8 Å². The van der Waals surface area contributed by atoms with Crippen LogP contribution in [0.2, 0.25) is 0 Å². The molecular formula is C19H23N3O3. The lowest BCUT2D eigenvalue weighted by atomic mass is 10.2. The summed E-state index contributed by atoms with van der Waals surface area (Å²) in [5.41, 5.74) is 1.04. The molecule has 0 bridgehead atoms. The normalized spacial score (nSPS) is 13.6. The number of hydrogen-bond donors (Lipinski definition) is 1. The number of nitrogens with zero attached hydrogens (tertiary/aromatic N) is 2. The number of pyridine rings is 1. The van der Waals surface area contributed by atoms with E-state index in [0.29, 0.717) is 12.3 Å². The summed E-state index contributed by atoms with van der Waals surface area (Å²) in [7, 11) is 1.61. The number of anilines is 1. The van der Waals surface area contributed by atoms with Crippen molar-refractivity contribution in [1.82, 2.24) is 10.3 Å². The lowest BCUT2D eigenvalue weighted by molar-refractivity contribution is -0.123. The fourth-order valence-corrected chi connectivity index (χ4v) is 2.76.